The van der Waals surface area contributed by atoms with Crippen LogP contribution in [0.25, 0.3) is 0 Å². The Kier molecular flexibility index (Phi) is 5.58. The molecule has 2 aromatic rings. The van der Waals surface area contributed by atoms with Crippen molar-refractivity contribution in [3.05, 3.63) is 46.2 Å². The van der Waals surface area contributed by atoms with E-state index in [-0.39, 0.29) is 0 Å². The van der Waals surface area contributed by atoms with E-state index in [1.165, 1.54) is 5.56 Å². The third-order valence-electron chi connectivity index (χ3n) is 2.47. The summed E-state index contributed by atoms with van der Waals surface area (Å²) in [6.07, 6.45) is 5.67. The van der Waals surface area contributed by atoms with Gasteiger partial charge in [-0.2, -0.15) is 0 Å². The Bertz CT molecular complexity index is 461. The van der Waals surface area contributed by atoms with Crippen LogP contribution in [-0.2, 0) is 23.6 Å². The molecule has 0 atom stereocenters. The van der Waals surface area contributed by atoms with Crippen LogP contribution >= 0.6 is 22.9 Å². The van der Waals surface area contributed by atoms with Gasteiger partial charge in [0.1, 0.15) is 5.01 Å². The number of halogens is 1. The molecule has 0 radical (unpaired) electrons. The molecule has 0 bridgehead atoms. The lowest BCUT2D eigenvalue weighted by Crippen LogP contribution is -1.97. The Morgan fingerprint density at radius 2 is 2.11 bits per heavy atom. The van der Waals surface area contributed by atoms with Crippen molar-refractivity contribution in [2.45, 2.75) is 25.3 Å². The predicted octanol–water partition coefficient (Wildman–Crippen LogP) is 3.43. The second-order valence-corrected chi connectivity index (χ2v) is 5.09. The van der Waals surface area contributed by atoms with Crippen molar-refractivity contribution in [2.24, 2.45) is 0 Å². The minimum absolute atomic E-state index is 0.471. The largest absolute Gasteiger partial charge is 0.374 e. The van der Waals surface area contributed by atoms with Crippen molar-refractivity contribution in [1.29, 1.82) is 0 Å². The Morgan fingerprint density at radius 1 is 1.28 bits per heavy atom. The Hall–Kier alpha value is -0.970. The summed E-state index contributed by atoms with van der Waals surface area (Å²) in [5.74, 6) is 0.471. The van der Waals surface area contributed by atoms with Gasteiger partial charge in [0.2, 0.25) is 0 Å². The first kappa shape index (κ1) is 13.5. The molecule has 96 valence electrons. The summed E-state index contributed by atoms with van der Waals surface area (Å²) in [4.78, 5) is 8.33. The number of aryl methyl sites for hydroxylation is 1. The van der Waals surface area contributed by atoms with Gasteiger partial charge in [0, 0.05) is 24.4 Å². The van der Waals surface area contributed by atoms with Gasteiger partial charge in [-0.3, -0.25) is 4.98 Å². The van der Waals surface area contributed by atoms with Gasteiger partial charge in [-0.15, -0.1) is 22.9 Å². The minimum Gasteiger partial charge on any atom is -0.374 e. The molecule has 0 aliphatic rings. The van der Waals surface area contributed by atoms with Crippen LogP contribution in [0.3, 0.4) is 0 Å². The van der Waals surface area contributed by atoms with E-state index in [0.717, 1.165) is 30.2 Å². The zero-order valence-corrected chi connectivity index (χ0v) is 11.6. The van der Waals surface area contributed by atoms with Crippen molar-refractivity contribution in [2.75, 3.05) is 6.61 Å². The molecule has 2 aromatic heterocycles. The molecule has 18 heavy (non-hydrogen) atoms. The Labute approximate surface area is 116 Å². The number of alkyl halides is 1. The third kappa shape index (κ3) is 4.37. The molecule has 0 aliphatic carbocycles. The average molecular weight is 283 g/mol. The minimum atomic E-state index is 0.471. The molecule has 0 amide bonds. The molecule has 2 heterocycles. The van der Waals surface area contributed by atoms with E-state index in [4.69, 9.17) is 16.3 Å². The second-order valence-electron chi connectivity index (χ2n) is 3.88. The fourth-order valence-corrected chi connectivity index (χ4v) is 2.52. The summed E-state index contributed by atoms with van der Waals surface area (Å²) in [6, 6.07) is 4.07. The van der Waals surface area contributed by atoms with E-state index in [0.29, 0.717) is 12.5 Å². The van der Waals surface area contributed by atoms with Gasteiger partial charge in [0.15, 0.2) is 0 Å². The molecule has 0 N–H and O–H groups in total. The van der Waals surface area contributed by atoms with E-state index in [1.54, 1.807) is 11.3 Å². The smallest absolute Gasteiger partial charge is 0.119 e. The molecule has 2 rings (SSSR count). The molecule has 0 fully saturated rings. The average Bonchev–Trinajstić information content (AvgIpc) is 2.87. The highest BCUT2D eigenvalue weighted by molar-refractivity contribution is 7.09. The van der Waals surface area contributed by atoms with Gasteiger partial charge in [0.05, 0.1) is 18.2 Å². The van der Waals surface area contributed by atoms with Crippen molar-refractivity contribution in [1.82, 2.24) is 9.97 Å². The maximum Gasteiger partial charge on any atom is 0.119 e. The summed E-state index contributed by atoms with van der Waals surface area (Å²) in [5, 5.41) is 2.97. The molecule has 0 saturated carbocycles. The number of hydrogen-bond donors (Lipinski definition) is 0. The first-order valence-corrected chi connectivity index (χ1v) is 7.26. The van der Waals surface area contributed by atoms with E-state index in [2.05, 4.69) is 9.97 Å². The fourth-order valence-electron chi connectivity index (χ4n) is 1.56. The zero-order chi connectivity index (χ0) is 12.6. The van der Waals surface area contributed by atoms with Crippen LogP contribution in [0.1, 0.15) is 22.7 Å². The molecular weight excluding hydrogens is 268 g/mol. The van der Waals surface area contributed by atoms with Crippen LogP contribution in [0.15, 0.2) is 29.9 Å². The molecule has 0 saturated heterocycles. The summed E-state index contributed by atoms with van der Waals surface area (Å²) >= 11 is 7.29. The standard InChI is InChI=1S/C13H15ClN2OS/c14-8-12-10-18-13(16-12)9-17-7-1-2-11-3-5-15-6-4-11/h3-6,10H,1-2,7-9H2. The van der Waals surface area contributed by atoms with E-state index in [1.807, 2.05) is 29.9 Å². The van der Waals surface area contributed by atoms with E-state index >= 15 is 0 Å². The van der Waals surface area contributed by atoms with Crippen LogP contribution in [-0.4, -0.2) is 16.6 Å². The maximum atomic E-state index is 5.69. The summed E-state index contributed by atoms with van der Waals surface area (Å²) in [5.41, 5.74) is 2.23. The first-order valence-electron chi connectivity index (χ1n) is 5.84. The number of thiazole rings is 1. The number of aromatic nitrogens is 2. The lowest BCUT2D eigenvalue weighted by molar-refractivity contribution is 0.118. The van der Waals surface area contributed by atoms with Gasteiger partial charge >= 0.3 is 0 Å². The van der Waals surface area contributed by atoms with E-state index in [9.17, 15) is 0 Å². The zero-order valence-electron chi connectivity index (χ0n) is 10.0. The van der Waals surface area contributed by atoms with Gasteiger partial charge in [0.25, 0.3) is 0 Å². The van der Waals surface area contributed by atoms with Crippen molar-refractivity contribution < 1.29 is 4.74 Å². The highest BCUT2D eigenvalue weighted by atomic mass is 35.5. The lowest BCUT2D eigenvalue weighted by Gasteiger charge is -2.02. The number of ether oxygens (including phenoxy) is 1. The Morgan fingerprint density at radius 3 is 2.83 bits per heavy atom. The highest BCUT2D eigenvalue weighted by Crippen LogP contribution is 2.12. The predicted molar refractivity (Wildman–Crippen MR) is 73.9 cm³/mol. The molecule has 0 unspecified atom stereocenters. The van der Waals surface area contributed by atoms with Crippen LogP contribution in [0.2, 0.25) is 0 Å². The quantitative estimate of drug-likeness (QED) is 0.576. The molecule has 0 spiro atoms. The van der Waals surface area contributed by atoms with Crippen LogP contribution in [0.5, 0.6) is 0 Å². The normalized spacial score (nSPS) is 10.7. The van der Waals surface area contributed by atoms with Crippen molar-refractivity contribution in [3.8, 4) is 0 Å². The van der Waals surface area contributed by atoms with E-state index < -0.39 is 0 Å². The summed E-state index contributed by atoms with van der Waals surface area (Å²) in [6.45, 7) is 1.33. The second kappa shape index (κ2) is 7.46. The summed E-state index contributed by atoms with van der Waals surface area (Å²) in [7, 11) is 0. The highest BCUT2D eigenvalue weighted by Gasteiger charge is 2.01. The van der Waals surface area contributed by atoms with Crippen LogP contribution < -0.4 is 0 Å². The topological polar surface area (TPSA) is 35.0 Å². The molecule has 0 aliphatic heterocycles. The SMILES string of the molecule is ClCc1csc(COCCCc2ccncc2)n1. The van der Waals surface area contributed by atoms with Crippen LogP contribution in [0.4, 0.5) is 0 Å². The molecule has 5 heteroatoms. The fraction of sp³-hybridized carbons (Fsp3) is 0.385. The number of hydrogen-bond acceptors (Lipinski definition) is 4. The maximum absolute atomic E-state index is 5.69. The lowest BCUT2D eigenvalue weighted by atomic mass is 10.1. The van der Waals surface area contributed by atoms with Gasteiger partial charge in [-0.25, -0.2) is 4.98 Å². The monoisotopic (exact) mass is 282 g/mol. The molecular formula is C13H15ClN2OS. The van der Waals surface area contributed by atoms with Crippen molar-refractivity contribution >= 4 is 22.9 Å². The van der Waals surface area contributed by atoms with Gasteiger partial charge < -0.3 is 4.74 Å². The first-order chi connectivity index (χ1) is 8.88. The summed E-state index contributed by atoms with van der Waals surface area (Å²) < 4.78 is 5.59. The number of rotatable bonds is 7. The Balaban J connectivity index is 1.61. The molecule has 0 aromatic carbocycles. The van der Waals surface area contributed by atoms with Crippen LogP contribution in [0, 0.1) is 0 Å². The number of pyridine rings is 1. The third-order valence-corrected chi connectivity index (χ3v) is 3.61. The van der Waals surface area contributed by atoms with Gasteiger partial charge in [-0.1, -0.05) is 0 Å². The van der Waals surface area contributed by atoms with Crippen molar-refractivity contribution in [3.63, 3.8) is 0 Å². The van der Waals surface area contributed by atoms with Gasteiger partial charge in [-0.05, 0) is 30.5 Å². The number of nitrogens with zero attached hydrogens (tertiary/aromatic N) is 2. The molecule has 3 nitrogen and oxygen atoms in total.